The molecule has 0 saturated carbocycles. The standard InChI is InChI=1S/C17H15NO3/c1-18-12-5-3-11(4-6-12)17-10-15(19)14-9-13(20-2)7-8-16(14)21-17/h3-10,18H,1-2H3. The van der Waals surface area contributed by atoms with E-state index in [1.807, 2.05) is 31.3 Å². The molecular formula is C17H15NO3. The molecule has 1 N–H and O–H groups in total. The summed E-state index contributed by atoms with van der Waals surface area (Å²) in [5.41, 5.74) is 2.34. The van der Waals surface area contributed by atoms with Crippen molar-refractivity contribution < 1.29 is 9.15 Å². The number of fused-ring (bicyclic) bond motifs is 1. The number of methoxy groups -OCH3 is 1. The maximum Gasteiger partial charge on any atom is 0.193 e. The van der Waals surface area contributed by atoms with E-state index in [2.05, 4.69) is 5.32 Å². The fourth-order valence-electron chi connectivity index (χ4n) is 2.21. The highest BCUT2D eigenvalue weighted by Crippen LogP contribution is 2.25. The van der Waals surface area contributed by atoms with Crippen LogP contribution in [0.4, 0.5) is 5.69 Å². The average molecular weight is 281 g/mol. The largest absolute Gasteiger partial charge is 0.497 e. The average Bonchev–Trinajstić information content (AvgIpc) is 2.54. The van der Waals surface area contributed by atoms with E-state index in [1.54, 1.807) is 25.3 Å². The second kappa shape index (κ2) is 5.32. The maximum atomic E-state index is 12.2. The Hall–Kier alpha value is -2.75. The minimum atomic E-state index is -0.0807. The van der Waals surface area contributed by atoms with Gasteiger partial charge in [0.1, 0.15) is 17.1 Å². The fourth-order valence-corrected chi connectivity index (χ4v) is 2.21. The second-order valence-electron chi connectivity index (χ2n) is 4.66. The summed E-state index contributed by atoms with van der Waals surface area (Å²) in [7, 11) is 3.43. The van der Waals surface area contributed by atoms with Gasteiger partial charge in [-0.1, -0.05) is 0 Å². The number of ether oxygens (including phenoxy) is 1. The molecule has 106 valence electrons. The third kappa shape index (κ3) is 2.48. The van der Waals surface area contributed by atoms with Crippen LogP contribution in [0.25, 0.3) is 22.3 Å². The summed E-state index contributed by atoms with van der Waals surface area (Å²) in [6.07, 6.45) is 0. The molecule has 0 unspecified atom stereocenters. The van der Waals surface area contributed by atoms with Crippen LogP contribution in [0.3, 0.4) is 0 Å². The van der Waals surface area contributed by atoms with E-state index in [1.165, 1.54) is 6.07 Å². The molecule has 0 fully saturated rings. The zero-order valence-electron chi connectivity index (χ0n) is 11.8. The molecule has 21 heavy (non-hydrogen) atoms. The Morgan fingerprint density at radius 2 is 1.81 bits per heavy atom. The van der Waals surface area contributed by atoms with E-state index < -0.39 is 0 Å². The summed E-state index contributed by atoms with van der Waals surface area (Å²) < 4.78 is 11.0. The summed E-state index contributed by atoms with van der Waals surface area (Å²) in [6, 6.07) is 14.4. The lowest BCUT2D eigenvalue weighted by Gasteiger charge is -2.06. The molecule has 4 heteroatoms. The lowest BCUT2D eigenvalue weighted by atomic mass is 10.1. The minimum Gasteiger partial charge on any atom is -0.497 e. The molecular weight excluding hydrogens is 266 g/mol. The van der Waals surface area contributed by atoms with Crippen molar-refractivity contribution in [1.29, 1.82) is 0 Å². The van der Waals surface area contributed by atoms with Crippen LogP contribution in [-0.2, 0) is 0 Å². The summed E-state index contributed by atoms with van der Waals surface area (Å²) in [4.78, 5) is 12.2. The summed E-state index contributed by atoms with van der Waals surface area (Å²) >= 11 is 0. The van der Waals surface area contributed by atoms with Crippen LogP contribution in [0.2, 0.25) is 0 Å². The second-order valence-corrected chi connectivity index (χ2v) is 4.66. The summed E-state index contributed by atoms with van der Waals surface area (Å²) in [5.74, 6) is 1.20. The van der Waals surface area contributed by atoms with Crippen molar-refractivity contribution in [2.75, 3.05) is 19.5 Å². The molecule has 0 spiro atoms. The van der Waals surface area contributed by atoms with Gasteiger partial charge in [-0.25, -0.2) is 0 Å². The van der Waals surface area contributed by atoms with E-state index in [9.17, 15) is 4.79 Å². The summed E-state index contributed by atoms with van der Waals surface area (Å²) in [5, 5.41) is 3.57. The van der Waals surface area contributed by atoms with Gasteiger partial charge < -0.3 is 14.5 Å². The predicted octanol–water partition coefficient (Wildman–Crippen LogP) is 3.51. The number of rotatable bonds is 3. The molecule has 1 aromatic heterocycles. The first kappa shape index (κ1) is 13.2. The van der Waals surface area contributed by atoms with Gasteiger partial charge in [-0.05, 0) is 42.5 Å². The van der Waals surface area contributed by atoms with Crippen molar-refractivity contribution in [3.63, 3.8) is 0 Å². The van der Waals surface area contributed by atoms with Crippen LogP contribution >= 0.6 is 0 Å². The van der Waals surface area contributed by atoms with Gasteiger partial charge in [0.05, 0.1) is 12.5 Å². The highest BCUT2D eigenvalue weighted by molar-refractivity contribution is 5.80. The normalized spacial score (nSPS) is 10.6. The minimum absolute atomic E-state index is 0.0807. The number of hydrogen-bond acceptors (Lipinski definition) is 4. The van der Waals surface area contributed by atoms with Crippen LogP contribution in [0.5, 0.6) is 5.75 Å². The third-order valence-corrected chi connectivity index (χ3v) is 3.39. The Morgan fingerprint density at radius 1 is 1.05 bits per heavy atom. The van der Waals surface area contributed by atoms with Crippen LogP contribution < -0.4 is 15.5 Å². The molecule has 0 aliphatic heterocycles. The van der Waals surface area contributed by atoms with E-state index in [0.29, 0.717) is 22.5 Å². The van der Waals surface area contributed by atoms with Gasteiger partial charge in [0.25, 0.3) is 0 Å². The molecule has 2 aromatic carbocycles. The van der Waals surface area contributed by atoms with Crippen LogP contribution in [-0.4, -0.2) is 14.2 Å². The molecule has 1 heterocycles. The Kier molecular flexibility index (Phi) is 3.36. The Bertz CT molecular complexity index is 835. The monoisotopic (exact) mass is 281 g/mol. The van der Waals surface area contributed by atoms with E-state index in [0.717, 1.165) is 11.3 Å². The van der Waals surface area contributed by atoms with Crippen molar-refractivity contribution in [3.05, 3.63) is 58.8 Å². The highest BCUT2D eigenvalue weighted by atomic mass is 16.5. The Morgan fingerprint density at radius 3 is 2.48 bits per heavy atom. The SMILES string of the molecule is CNc1ccc(-c2cc(=O)c3cc(OC)ccc3o2)cc1. The first-order valence-corrected chi connectivity index (χ1v) is 6.61. The molecule has 4 nitrogen and oxygen atoms in total. The van der Waals surface area contributed by atoms with Gasteiger partial charge in [-0.3, -0.25) is 4.79 Å². The van der Waals surface area contributed by atoms with E-state index in [-0.39, 0.29) is 5.43 Å². The highest BCUT2D eigenvalue weighted by Gasteiger charge is 2.08. The number of anilines is 1. The fraction of sp³-hybridized carbons (Fsp3) is 0.118. The Balaban J connectivity index is 2.13. The van der Waals surface area contributed by atoms with Crippen LogP contribution in [0, 0.1) is 0 Å². The van der Waals surface area contributed by atoms with Gasteiger partial charge in [0.2, 0.25) is 0 Å². The van der Waals surface area contributed by atoms with Crippen LogP contribution in [0.1, 0.15) is 0 Å². The first-order chi connectivity index (χ1) is 10.2. The predicted molar refractivity (Wildman–Crippen MR) is 84.0 cm³/mol. The first-order valence-electron chi connectivity index (χ1n) is 6.61. The van der Waals surface area contributed by atoms with Gasteiger partial charge in [-0.15, -0.1) is 0 Å². The van der Waals surface area contributed by atoms with Gasteiger partial charge >= 0.3 is 0 Å². The lowest BCUT2D eigenvalue weighted by Crippen LogP contribution is -2.00. The van der Waals surface area contributed by atoms with Crippen molar-refractivity contribution in [3.8, 4) is 17.1 Å². The molecule has 3 rings (SSSR count). The maximum absolute atomic E-state index is 12.2. The zero-order chi connectivity index (χ0) is 14.8. The van der Waals surface area contributed by atoms with Gasteiger partial charge in [0, 0.05) is 24.4 Å². The molecule has 0 atom stereocenters. The van der Waals surface area contributed by atoms with Gasteiger partial charge in [-0.2, -0.15) is 0 Å². The van der Waals surface area contributed by atoms with Crippen molar-refractivity contribution in [2.24, 2.45) is 0 Å². The molecule has 0 saturated heterocycles. The topological polar surface area (TPSA) is 51.5 Å². The van der Waals surface area contributed by atoms with Crippen LogP contribution in [0.15, 0.2) is 57.7 Å². The van der Waals surface area contributed by atoms with E-state index >= 15 is 0 Å². The third-order valence-electron chi connectivity index (χ3n) is 3.39. The summed E-state index contributed by atoms with van der Waals surface area (Å²) in [6.45, 7) is 0. The lowest BCUT2D eigenvalue weighted by molar-refractivity contribution is 0.415. The molecule has 3 aromatic rings. The Labute approximate surface area is 122 Å². The van der Waals surface area contributed by atoms with Crippen molar-refractivity contribution in [1.82, 2.24) is 0 Å². The van der Waals surface area contributed by atoms with Crippen molar-refractivity contribution >= 4 is 16.7 Å². The molecule has 0 aliphatic carbocycles. The number of nitrogens with one attached hydrogen (secondary N) is 1. The van der Waals surface area contributed by atoms with Gasteiger partial charge in [0.15, 0.2) is 5.43 Å². The number of hydrogen-bond donors (Lipinski definition) is 1. The number of benzene rings is 2. The molecule has 0 bridgehead atoms. The molecule has 0 radical (unpaired) electrons. The quantitative estimate of drug-likeness (QED) is 0.798. The zero-order valence-corrected chi connectivity index (χ0v) is 11.8. The van der Waals surface area contributed by atoms with E-state index in [4.69, 9.17) is 9.15 Å². The molecule has 0 aliphatic rings. The molecule has 0 amide bonds. The van der Waals surface area contributed by atoms with Crippen molar-refractivity contribution in [2.45, 2.75) is 0 Å². The smallest absolute Gasteiger partial charge is 0.193 e.